The number of amides is 3. The molecule has 2 aliphatic heterocycles. The van der Waals surface area contributed by atoms with E-state index in [0.717, 1.165) is 35.1 Å². The van der Waals surface area contributed by atoms with Crippen molar-refractivity contribution in [2.45, 2.75) is 19.4 Å². The van der Waals surface area contributed by atoms with E-state index in [9.17, 15) is 14.4 Å². The number of rotatable bonds is 7. The summed E-state index contributed by atoms with van der Waals surface area (Å²) in [7, 11) is 1.49. The van der Waals surface area contributed by atoms with E-state index >= 15 is 0 Å². The van der Waals surface area contributed by atoms with Crippen LogP contribution in [0.1, 0.15) is 24.0 Å². The van der Waals surface area contributed by atoms with Gasteiger partial charge in [-0.2, -0.15) is 0 Å². The Balaban J connectivity index is 1.49. The molecule has 2 aromatic carbocycles. The van der Waals surface area contributed by atoms with Crippen molar-refractivity contribution in [2.75, 3.05) is 26.7 Å². The molecule has 0 aliphatic carbocycles. The number of carbonyl (C=O) groups is 3. The van der Waals surface area contributed by atoms with Crippen LogP contribution < -0.4 is 9.47 Å². The first-order valence-corrected chi connectivity index (χ1v) is 12.2. The van der Waals surface area contributed by atoms with Crippen molar-refractivity contribution >= 4 is 58.1 Å². The van der Waals surface area contributed by atoms with Crippen LogP contribution in [0.2, 0.25) is 10.0 Å². The van der Waals surface area contributed by atoms with E-state index in [1.54, 1.807) is 35.2 Å². The predicted molar refractivity (Wildman–Crippen MR) is 132 cm³/mol. The Morgan fingerprint density at radius 3 is 2.50 bits per heavy atom. The number of carbonyl (C=O) groups excluding carboxylic acids is 3. The minimum atomic E-state index is -0.499. The fraction of sp³-hybridized carbons (Fsp3) is 0.292. The topological polar surface area (TPSA) is 76.2 Å². The number of likely N-dealkylation sites (tertiary alicyclic amines) is 1. The summed E-state index contributed by atoms with van der Waals surface area (Å²) in [6.07, 6.45) is 3.44. The lowest BCUT2D eigenvalue weighted by Gasteiger charge is -2.18. The van der Waals surface area contributed by atoms with Gasteiger partial charge >= 0.3 is 0 Å². The molecule has 0 spiro atoms. The van der Waals surface area contributed by atoms with Crippen molar-refractivity contribution in [3.8, 4) is 11.5 Å². The third kappa shape index (κ3) is 5.51. The molecule has 0 bridgehead atoms. The molecule has 4 rings (SSSR count). The van der Waals surface area contributed by atoms with Gasteiger partial charge in [-0.25, -0.2) is 0 Å². The van der Waals surface area contributed by atoms with Crippen molar-refractivity contribution < 1.29 is 23.9 Å². The number of benzene rings is 2. The number of imide groups is 1. The summed E-state index contributed by atoms with van der Waals surface area (Å²) in [5.41, 5.74) is 1.47. The van der Waals surface area contributed by atoms with Crippen LogP contribution in [-0.4, -0.2) is 53.6 Å². The van der Waals surface area contributed by atoms with Crippen LogP contribution in [0, 0.1) is 0 Å². The van der Waals surface area contributed by atoms with Crippen LogP contribution in [0.25, 0.3) is 6.08 Å². The van der Waals surface area contributed by atoms with Gasteiger partial charge in [-0.15, -0.1) is 0 Å². The molecular weight excluding hydrogens is 499 g/mol. The van der Waals surface area contributed by atoms with Crippen molar-refractivity contribution in [2.24, 2.45) is 0 Å². The van der Waals surface area contributed by atoms with Crippen LogP contribution in [0.5, 0.6) is 11.5 Å². The summed E-state index contributed by atoms with van der Waals surface area (Å²) in [5.74, 6) is 0.0328. The first kappa shape index (κ1) is 24.4. The lowest BCUT2D eigenvalue weighted by Crippen LogP contribution is -2.40. The Morgan fingerprint density at radius 2 is 1.82 bits per heavy atom. The van der Waals surface area contributed by atoms with Crippen molar-refractivity contribution in [3.05, 3.63) is 62.5 Å². The van der Waals surface area contributed by atoms with Gasteiger partial charge in [0.1, 0.15) is 13.2 Å². The van der Waals surface area contributed by atoms with E-state index in [0.29, 0.717) is 40.2 Å². The second kappa shape index (κ2) is 10.7. The average Bonchev–Trinajstić information content (AvgIpc) is 3.44. The summed E-state index contributed by atoms with van der Waals surface area (Å²) in [6, 6.07) is 10.5. The fourth-order valence-corrected chi connectivity index (χ4v) is 4.93. The molecule has 0 aromatic heterocycles. The van der Waals surface area contributed by atoms with E-state index in [1.165, 1.54) is 7.11 Å². The van der Waals surface area contributed by atoms with E-state index < -0.39 is 11.1 Å². The average molecular weight is 521 g/mol. The zero-order valence-electron chi connectivity index (χ0n) is 18.4. The molecule has 0 atom stereocenters. The lowest BCUT2D eigenvalue weighted by molar-refractivity contribution is -0.135. The molecule has 2 fully saturated rings. The molecule has 10 heteroatoms. The van der Waals surface area contributed by atoms with E-state index in [1.807, 2.05) is 12.1 Å². The fourth-order valence-electron chi connectivity index (χ4n) is 3.69. The molecule has 0 N–H and O–H groups in total. The Bertz CT molecular complexity index is 1150. The minimum Gasteiger partial charge on any atom is -0.493 e. The largest absolute Gasteiger partial charge is 0.493 e. The van der Waals surface area contributed by atoms with E-state index in [-0.39, 0.29) is 24.0 Å². The number of ether oxygens (including phenoxy) is 2. The van der Waals surface area contributed by atoms with Gasteiger partial charge in [0.15, 0.2) is 11.5 Å². The molecule has 0 radical (unpaired) electrons. The monoisotopic (exact) mass is 520 g/mol. The molecule has 7 nitrogen and oxygen atoms in total. The number of thioether (sulfide) groups is 1. The highest BCUT2D eigenvalue weighted by Gasteiger charge is 2.37. The van der Waals surface area contributed by atoms with Crippen LogP contribution in [-0.2, 0) is 16.2 Å². The number of hydrogen-bond acceptors (Lipinski definition) is 6. The van der Waals surface area contributed by atoms with Gasteiger partial charge < -0.3 is 14.4 Å². The Hall–Kier alpha value is -2.68. The summed E-state index contributed by atoms with van der Waals surface area (Å²) < 4.78 is 11.3. The van der Waals surface area contributed by atoms with Gasteiger partial charge in [-0.05, 0) is 66.1 Å². The number of methoxy groups -OCH3 is 1. The SMILES string of the molecule is COc1cc(/C=C2\SC(=O)N(CC(=O)N3CCCC3)C2=O)cc(Cl)c1OCc1ccc(Cl)cc1. The Labute approximate surface area is 211 Å². The van der Waals surface area contributed by atoms with Crippen LogP contribution in [0.15, 0.2) is 41.3 Å². The molecule has 3 amide bonds. The Morgan fingerprint density at radius 1 is 1.12 bits per heavy atom. The highest BCUT2D eigenvalue weighted by Crippen LogP contribution is 2.39. The van der Waals surface area contributed by atoms with Gasteiger partial charge in [0.2, 0.25) is 5.91 Å². The second-order valence-electron chi connectivity index (χ2n) is 7.81. The maximum atomic E-state index is 12.8. The molecular formula is C24H22Cl2N2O5S. The maximum Gasteiger partial charge on any atom is 0.294 e. The number of halogens is 2. The number of nitrogens with zero attached hydrogens (tertiary/aromatic N) is 2. The molecule has 2 aromatic rings. The molecule has 178 valence electrons. The van der Waals surface area contributed by atoms with E-state index in [4.69, 9.17) is 32.7 Å². The van der Waals surface area contributed by atoms with E-state index in [2.05, 4.69) is 0 Å². The summed E-state index contributed by atoms with van der Waals surface area (Å²) in [4.78, 5) is 40.5. The summed E-state index contributed by atoms with van der Waals surface area (Å²) >= 11 is 13.2. The van der Waals surface area contributed by atoms with Gasteiger partial charge in [0.05, 0.1) is 17.0 Å². The van der Waals surface area contributed by atoms with Crippen molar-refractivity contribution in [3.63, 3.8) is 0 Å². The highest BCUT2D eigenvalue weighted by atomic mass is 35.5. The number of hydrogen-bond donors (Lipinski definition) is 0. The Kier molecular flexibility index (Phi) is 7.70. The predicted octanol–water partition coefficient (Wildman–Crippen LogP) is 5.24. The zero-order chi connectivity index (χ0) is 24.2. The minimum absolute atomic E-state index is 0.215. The molecule has 2 aliphatic rings. The van der Waals surface area contributed by atoms with Gasteiger partial charge in [0.25, 0.3) is 11.1 Å². The maximum absolute atomic E-state index is 12.8. The van der Waals surface area contributed by atoms with Crippen LogP contribution in [0.3, 0.4) is 0 Å². The van der Waals surface area contributed by atoms with Crippen molar-refractivity contribution in [1.82, 2.24) is 9.80 Å². The zero-order valence-corrected chi connectivity index (χ0v) is 20.7. The summed E-state index contributed by atoms with van der Waals surface area (Å²) in [5, 5.41) is 0.460. The van der Waals surface area contributed by atoms with Gasteiger partial charge in [0, 0.05) is 18.1 Å². The van der Waals surface area contributed by atoms with Gasteiger partial charge in [-0.1, -0.05) is 35.3 Å². The van der Waals surface area contributed by atoms with Crippen LogP contribution >= 0.6 is 35.0 Å². The normalized spacial score (nSPS) is 17.1. The molecule has 2 saturated heterocycles. The quantitative estimate of drug-likeness (QED) is 0.464. The first-order chi connectivity index (χ1) is 16.4. The molecule has 0 saturated carbocycles. The molecule has 2 heterocycles. The van der Waals surface area contributed by atoms with Crippen molar-refractivity contribution in [1.29, 1.82) is 0 Å². The lowest BCUT2D eigenvalue weighted by atomic mass is 10.1. The smallest absolute Gasteiger partial charge is 0.294 e. The second-order valence-corrected chi connectivity index (χ2v) is 9.64. The third-order valence-electron chi connectivity index (χ3n) is 5.47. The first-order valence-electron chi connectivity index (χ1n) is 10.6. The van der Waals surface area contributed by atoms with Crippen LogP contribution in [0.4, 0.5) is 4.79 Å². The highest BCUT2D eigenvalue weighted by molar-refractivity contribution is 8.18. The third-order valence-corrected chi connectivity index (χ3v) is 6.91. The molecule has 0 unspecified atom stereocenters. The standard InChI is InChI=1S/C24H22Cl2N2O5S/c1-32-19-11-16(10-18(26)22(19)33-14-15-4-6-17(25)7-5-15)12-20-23(30)28(24(31)34-20)13-21(29)27-8-2-3-9-27/h4-7,10-12H,2-3,8-9,13-14H2,1H3/b20-12-. The summed E-state index contributed by atoms with van der Waals surface area (Å²) in [6.45, 7) is 1.34. The molecule has 34 heavy (non-hydrogen) atoms. The van der Waals surface area contributed by atoms with Gasteiger partial charge in [-0.3, -0.25) is 19.3 Å².